The Bertz CT molecular complexity index is 287. The lowest BCUT2D eigenvalue weighted by atomic mass is 9.94. The van der Waals surface area contributed by atoms with Crippen molar-refractivity contribution in [3.8, 4) is 0 Å². The molecule has 0 heterocycles. The third kappa shape index (κ3) is 4.34. The maximum Gasteiger partial charge on any atom is 0.323 e. The molecule has 1 atom stereocenters. The summed E-state index contributed by atoms with van der Waals surface area (Å²) in [4.78, 5) is 24.4. The van der Waals surface area contributed by atoms with Crippen LogP contribution >= 0.6 is 0 Å². The summed E-state index contributed by atoms with van der Waals surface area (Å²) in [6.45, 7) is 4.50. The molecule has 17 heavy (non-hydrogen) atoms. The van der Waals surface area contributed by atoms with E-state index >= 15 is 0 Å². The third-order valence-corrected chi connectivity index (χ3v) is 3.19. The molecule has 98 valence electrons. The minimum atomic E-state index is -0.960. The minimum absolute atomic E-state index is 0.114. The number of aliphatic carboxylic acids is 1. The first-order valence-electron chi connectivity index (χ1n) is 6.16. The molecule has 0 aromatic rings. The summed E-state index contributed by atoms with van der Waals surface area (Å²) in [7, 11) is 0. The average Bonchev–Trinajstić information content (AvgIpc) is 3.00. The van der Waals surface area contributed by atoms with E-state index in [1.165, 1.54) is 4.90 Å². The van der Waals surface area contributed by atoms with E-state index in [1.54, 1.807) is 0 Å². The van der Waals surface area contributed by atoms with Crippen LogP contribution in [0, 0.1) is 17.8 Å². The van der Waals surface area contributed by atoms with Gasteiger partial charge in [-0.2, -0.15) is 0 Å². The van der Waals surface area contributed by atoms with Crippen molar-refractivity contribution in [2.24, 2.45) is 23.5 Å². The summed E-state index contributed by atoms with van der Waals surface area (Å²) in [6.07, 6.45) is 2.19. The first kappa shape index (κ1) is 14.0. The lowest BCUT2D eigenvalue weighted by molar-refractivity contribution is -0.147. The number of carbonyl (C=O) groups excluding carboxylic acids is 1. The highest BCUT2D eigenvalue weighted by atomic mass is 16.4. The second-order valence-corrected chi connectivity index (χ2v) is 5.14. The Labute approximate surface area is 102 Å². The predicted molar refractivity (Wildman–Crippen MR) is 64.3 cm³/mol. The van der Waals surface area contributed by atoms with Crippen LogP contribution in [0.1, 0.15) is 26.7 Å². The van der Waals surface area contributed by atoms with Crippen molar-refractivity contribution in [1.29, 1.82) is 0 Å². The standard InChI is InChI=1S/C12H22N2O3/c1-8(2)10(5-13)12(17)14(7-11(15)16)6-9-3-4-9/h8-10H,3-7,13H2,1-2H3,(H,15,16). The van der Waals surface area contributed by atoms with Crippen LogP contribution in [-0.4, -0.2) is 41.5 Å². The molecule has 0 saturated heterocycles. The van der Waals surface area contributed by atoms with Crippen molar-refractivity contribution >= 4 is 11.9 Å². The SMILES string of the molecule is CC(C)C(CN)C(=O)N(CC(=O)O)CC1CC1. The summed E-state index contributed by atoms with van der Waals surface area (Å²) in [6, 6.07) is 0. The molecule has 1 saturated carbocycles. The van der Waals surface area contributed by atoms with Crippen LogP contribution in [0.2, 0.25) is 0 Å². The summed E-state index contributed by atoms with van der Waals surface area (Å²) in [5.74, 6) is -0.713. The molecule has 1 aliphatic rings. The number of carbonyl (C=O) groups is 2. The summed E-state index contributed by atoms with van der Waals surface area (Å²) in [5.41, 5.74) is 5.59. The lowest BCUT2D eigenvalue weighted by Crippen LogP contribution is -2.44. The molecule has 5 heteroatoms. The number of hydrogen-bond acceptors (Lipinski definition) is 3. The van der Waals surface area contributed by atoms with E-state index in [0.29, 0.717) is 12.5 Å². The van der Waals surface area contributed by atoms with Gasteiger partial charge in [-0.05, 0) is 24.7 Å². The number of nitrogens with two attached hydrogens (primary N) is 1. The van der Waals surface area contributed by atoms with E-state index in [9.17, 15) is 9.59 Å². The summed E-state index contributed by atoms with van der Waals surface area (Å²) < 4.78 is 0. The molecule has 0 bridgehead atoms. The lowest BCUT2D eigenvalue weighted by Gasteiger charge is -2.27. The Morgan fingerprint density at radius 2 is 2.00 bits per heavy atom. The van der Waals surface area contributed by atoms with Gasteiger partial charge < -0.3 is 15.7 Å². The zero-order valence-corrected chi connectivity index (χ0v) is 10.6. The van der Waals surface area contributed by atoms with Crippen LogP contribution in [-0.2, 0) is 9.59 Å². The van der Waals surface area contributed by atoms with Gasteiger partial charge in [-0.3, -0.25) is 9.59 Å². The number of hydrogen-bond donors (Lipinski definition) is 2. The topological polar surface area (TPSA) is 83.6 Å². The Hall–Kier alpha value is -1.10. The van der Waals surface area contributed by atoms with Crippen molar-refractivity contribution in [3.63, 3.8) is 0 Å². The Morgan fingerprint density at radius 1 is 1.41 bits per heavy atom. The van der Waals surface area contributed by atoms with Gasteiger partial charge in [-0.15, -0.1) is 0 Å². The van der Waals surface area contributed by atoms with Gasteiger partial charge in [0, 0.05) is 13.1 Å². The van der Waals surface area contributed by atoms with Crippen LogP contribution in [0.5, 0.6) is 0 Å². The molecule has 1 fully saturated rings. The minimum Gasteiger partial charge on any atom is -0.480 e. The average molecular weight is 242 g/mol. The quantitative estimate of drug-likeness (QED) is 0.682. The van der Waals surface area contributed by atoms with Gasteiger partial charge in [-0.25, -0.2) is 0 Å². The van der Waals surface area contributed by atoms with E-state index in [4.69, 9.17) is 10.8 Å². The third-order valence-electron chi connectivity index (χ3n) is 3.19. The molecule has 1 amide bonds. The maximum absolute atomic E-state index is 12.2. The van der Waals surface area contributed by atoms with Crippen molar-refractivity contribution < 1.29 is 14.7 Å². The zero-order chi connectivity index (χ0) is 13.0. The Kier molecular flexibility index (Phi) is 4.93. The first-order chi connectivity index (χ1) is 7.95. The van der Waals surface area contributed by atoms with E-state index in [1.807, 2.05) is 13.8 Å². The van der Waals surface area contributed by atoms with Gasteiger partial charge in [0.05, 0.1) is 5.92 Å². The van der Waals surface area contributed by atoms with E-state index in [2.05, 4.69) is 0 Å². The molecule has 1 aliphatic carbocycles. The molecular weight excluding hydrogens is 220 g/mol. The molecule has 0 aromatic carbocycles. The van der Waals surface area contributed by atoms with Crippen molar-refractivity contribution in [2.45, 2.75) is 26.7 Å². The fraction of sp³-hybridized carbons (Fsp3) is 0.833. The zero-order valence-electron chi connectivity index (χ0n) is 10.6. The van der Waals surface area contributed by atoms with Crippen LogP contribution < -0.4 is 5.73 Å². The van der Waals surface area contributed by atoms with Gasteiger partial charge in [0.15, 0.2) is 0 Å². The highest BCUT2D eigenvalue weighted by molar-refractivity contribution is 5.83. The van der Waals surface area contributed by atoms with Gasteiger partial charge in [0.2, 0.25) is 5.91 Å². The van der Waals surface area contributed by atoms with Crippen molar-refractivity contribution in [2.75, 3.05) is 19.6 Å². The largest absolute Gasteiger partial charge is 0.480 e. The van der Waals surface area contributed by atoms with E-state index < -0.39 is 5.97 Å². The molecule has 0 spiro atoms. The maximum atomic E-state index is 12.2. The smallest absolute Gasteiger partial charge is 0.323 e. The fourth-order valence-corrected chi connectivity index (χ4v) is 1.90. The van der Waals surface area contributed by atoms with Crippen LogP contribution in [0.15, 0.2) is 0 Å². The molecule has 3 N–H and O–H groups in total. The Balaban J connectivity index is 2.65. The molecule has 0 aliphatic heterocycles. The number of rotatable bonds is 7. The van der Waals surface area contributed by atoms with E-state index in [-0.39, 0.29) is 30.8 Å². The number of nitrogens with zero attached hydrogens (tertiary/aromatic N) is 1. The molecule has 0 radical (unpaired) electrons. The Morgan fingerprint density at radius 3 is 2.35 bits per heavy atom. The van der Waals surface area contributed by atoms with E-state index in [0.717, 1.165) is 12.8 Å². The second kappa shape index (κ2) is 6.00. The fourth-order valence-electron chi connectivity index (χ4n) is 1.90. The molecule has 0 aromatic heterocycles. The number of amides is 1. The molecule has 1 unspecified atom stereocenters. The number of carboxylic acids is 1. The normalized spacial score (nSPS) is 16.9. The van der Waals surface area contributed by atoms with Crippen LogP contribution in [0.4, 0.5) is 0 Å². The van der Waals surface area contributed by atoms with Gasteiger partial charge in [0.1, 0.15) is 6.54 Å². The summed E-state index contributed by atoms with van der Waals surface area (Å²) in [5, 5.41) is 8.83. The predicted octanol–water partition coefficient (Wildman–Crippen LogP) is 0.540. The molecular formula is C12H22N2O3. The first-order valence-corrected chi connectivity index (χ1v) is 6.16. The highest BCUT2D eigenvalue weighted by Crippen LogP contribution is 2.30. The van der Waals surface area contributed by atoms with Crippen LogP contribution in [0.25, 0.3) is 0 Å². The van der Waals surface area contributed by atoms with Crippen molar-refractivity contribution in [1.82, 2.24) is 4.90 Å². The number of carboxylic acid groups (broad SMARTS) is 1. The molecule has 5 nitrogen and oxygen atoms in total. The van der Waals surface area contributed by atoms with Crippen molar-refractivity contribution in [3.05, 3.63) is 0 Å². The molecule has 1 rings (SSSR count). The van der Waals surface area contributed by atoms with Crippen LogP contribution in [0.3, 0.4) is 0 Å². The highest BCUT2D eigenvalue weighted by Gasteiger charge is 2.32. The van der Waals surface area contributed by atoms with Gasteiger partial charge in [0.25, 0.3) is 0 Å². The summed E-state index contributed by atoms with van der Waals surface area (Å²) >= 11 is 0. The second-order valence-electron chi connectivity index (χ2n) is 5.14. The van der Waals surface area contributed by atoms with Gasteiger partial charge >= 0.3 is 5.97 Å². The van der Waals surface area contributed by atoms with Gasteiger partial charge in [-0.1, -0.05) is 13.8 Å². The monoisotopic (exact) mass is 242 g/mol.